The fourth-order valence-electron chi connectivity index (χ4n) is 1.63. The van der Waals surface area contributed by atoms with E-state index in [0.717, 1.165) is 42.3 Å². The van der Waals surface area contributed by atoms with Gasteiger partial charge in [-0.25, -0.2) is 0 Å². The van der Waals surface area contributed by atoms with E-state index in [1.807, 2.05) is 13.0 Å². The SMILES string of the molecule is CCCNCc1cc(-c2nccnc2C)n[nH]1. The second kappa shape index (κ2) is 5.54. The lowest BCUT2D eigenvalue weighted by Crippen LogP contribution is -2.13. The zero-order valence-corrected chi connectivity index (χ0v) is 10.2. The molecule has 90 valence electrons. The fourth-order valence-corrected chi connectivity index (χ4v) is 1.63. The molecule has 2 N–H and O–H groups in total. The van der Waals surface area contributed by atoms with Crippen molar-refractivity contribution in [3.63, 3.8) is 0 Å². The summed E-state index contributed by atoms with van der Waals surface area (Å²) >= 11 is 0. The highest BCUT2D eigenvalue weighted by Crippen LogP contribution is 2.16. The van der Waals surface area contributed by atoms with Gasteiger partial charge in [0.25, 0.3) is 0 Å². The molecule has 0 radical (unpaired) electrons. The number of hydrogen-bond donors (Lipinski definition) is 2. The van der Waals surface area contributed by atoms with Crippen molar-refractivity contribution >= 4 is 0 Å². The third-order valence-electron chi connectivity index (χ3n) is 2.50. The molecule has 17 heavy (non-hydrogen) atoms. The predicted molar refractivity (Wildman–Crippen MR) is 66.3 cm³/mol. The Morgan fingerprint density at radius 3 is 2.88 bits per heavy atom. The number of hydrogen-bond acceptors (Lipinski definition) is 4. The summed E-state index contributed by atoms with van der Waals surface area (Å²) in [7, 11) is 0. The summed E-state index contributed by atoms with van der Waals surface area (Å²) < 4.78 is 0. The number of rotatable bonds is 5. The van der Waals surface area contributed by atoms with Gasteiger partial charge < -0.3 is 5.32 Å². The van der Waals surface area contributed by atoms with E-state index < -0.39 is 0 Å². The van der Waals surface area contributed by atoms with Gasteiger partial charge in [0.15, 0.2) is 0 Å². The summed E-state index contributed by atoms with van der Waals surface area (Å²) in [5.74, 6) is 0. The molecular formula is C12H17N5. The van der Waals surface area contributed by atoms with Crippen LogP contribution in [0.1, 0.15) is 24.7 Å². The highest BCUT2D eigenvalue weighted by atomic mass is 15.1. The van der Waals surface area contributed by atoms with Crippen LogP contribution in [0, 0.1) is 6.92 Å². The van der Waals surface area contributed by atoms with E-state index in [1.165, 1.54) is 0 Å². The van der Waals surface area contributed by atoms with Crippen LogP contribution in [0.2, 0.25) is 0 Å². The summed E-state index contributed by atoms with van der Waals surface area (Å²) in [4.78, 5) is 8.50. The summed E-state index contributed by atoms with van der Waals surface area (Å²) in [5.41, 5.74) is 3.65. The first-order valence-corrected chi connectivity index (χ1v) is 5.84. The second-order valence-electron chi connectivity index (χ2n) is 3.95. The Bertz CT molecular complexity index is 477. The fraction of sp³-hybridized carbons (Fsp3) is 0.417. The van der Waals surface area contributed by atoms with Gasteiger partial charge in [0.2, 0.25) is 0 Å². The normalized spacial score (nSPS) is 10.7. The van der Waals surface area contributed by atoms with E-state index in [9.17, 15) is 0 Å². The molecule has 0 saturated carbocycles. The standard InChI is InChI=1S/C12H17N5/c1-3-4-13-8-10-7-11(17-16-10)12-9(2)14-5-6-15-12/h5-7,13H,3-4,8H2,1-2H3,(H,16,17). The Morgan fingerprint density at radius 2 is 2.12 bits per heavy atom. The van der Waals surface area contributed by atoms with Gasteiger partial charge in [0, 0.05) is 24.6 Å². The first kappa shape index (κ1) is 11.7. The number of nitrogens with one attached hydrogen (secondary N) is 2. The highest BCUT2D eigenvalue weighted by molar-refractivity contribution is 5.56. The number of nitrogens with zero attached hydrogens (tertiary/aromatic N) is 3. The monoisotopic (exact) mass is 231 g/mol. The van der Waals surface area contributed by atoms with E-state index in [1.54, 1.807) is 12.4 Å². The molecule has 0 fully saturated rings. The molecule has 0 aliphatic carbocycles. The molecule has 2 rings (SSSR count). The maximum absolute atomic E-state index is 4.29. The van der Waals surface area contributed by atoms with Crippen LogP contribution in [0.4, 0.5) is 0 Å². The molecule has 2 heterocycles. The second-order valence-corrected chi connectivity index (χ2v) is 3.95. The van der Waals surface area contributed by atoms with Gasteiger partial charge in [-0.05, 0) is 26.0 Å². The lowest BCUT2D eigenvalue weighted by atomic mass is 10.2. The molecule has 0 aliphatic rings. The van der Waals surface area contributed by atoms with Gasteiger partial charge in [-0.1, -0.05) is 6.92 Å². The molecule has 5 heteroatoms. The van der Waals surface area contributed by atoms with Crippen molar-refractivity contribution in [1.82, 2.24) is 25.5 Å². The van der Waals surface area contributed by atoms with Crippen LogP contribution in [0.3, 0.4) is 0 Å². The summed E-state index contributed by atoms with van der Waals surface area (Å²) in [6, 6.07) is 2.01. The molecular weight excluding hydrogens is 214 g/mol. The van der Waals surface area contributed by atoms with Crippen molar-refractivity contribution < 1.29 is 0 Å². The van der Waals surface area contributed by atoms with Gasteiger partial charge in [-0.2, -0.15) is 5.10 Å². The Balaban J connectivity index is 2.10. The summed E-state index contributed by atoms with van der Waals surface area (Å²) in [5, 5.41) is 10.6. The van der Waals surface area contributed by atoms with Crippen LogP contribution >= 0.6 is 0 Å². The Labute approximate surface area is 101 Å². The highest BCUT2D eigenvalue weighted by Gasteiger charge is 2.08. The maximum Gasteiger partial charge on any atom is 0.113 e. The van der Waals surface area contributed by atoms with Crippen molar-refractivity contribution in [3.8, 4) is 11.4 Å². The van der Waals surface area contributed by atoms with Gasteiger partial charge >= 0.3 is 0 Å². The third kappa shape index (κ3) is 2.88. The first-order chi connectivity index (χ1) is 8.31. The van der Waals surface area contributed by atoms with Crippen molar-refractivity contribution in [1.29, 1.82) is 0 Å². The van der Waals surface area contributed by atoms with Crippen LogP contribution in [-0.4, -0.2) is 26.7 Å². The van der Waals surface area contributed by atoms with Crippen LogP contribution in [-0.2, 0) is 6.54 Å². The van der Waals surface area contributed by atoms with Crippen molar-refractivity contribution in [3.05, 3.63) is 29.8 Å². The molecule has 2 aromatic heterocycles. The van der Waals surface area contributed by atoms with E-state index in [2.05, 4.69) is 32.4 Å². The molecule has 2 aromatic rings. The number of aromatic nitrogens is 4. The van der Waals surface area contributed by atoms with Crippen LogP contribution < -0.4 is 5.32 Å². The van der Waals surface area contributed by atoms with E-state index in [4.69, 9.17) is 0 Å². The maximum atomic E-state index is 4.29. The molecule has 0 atom stereocenters. The van der Waals surface area contributed by atoms with Gasteiger partial charge in [-0.3, -0.25) is 15.1 Å². The molecule has 0 aromatic carbocycles. The summed E-state index contributed by atoms with van der Waals surface area (Å²) in [6.45, 7) is 5.90. The van der Waals surface area contributed by atoms with E-state index >= 15 is 0 Å². The minimum atomic E-state index is 0.806. The zero-order valence-electron chi connectivity index (χ0n) is 10.2. The van der Waals surface area contributed by atoms with Gasteiger partial charge in [0.1, 0.15) is 11.4 Å². The molecule has 0 saturated heterocycles. The van der Waals surface area contributed by atoms with E-state index in [0.29, 0.717) is 0 Å². The van der Waals surface area contributed by atoms with Crippen molar-refractivity contribution in [2.24, 2.45) is 0 Å². The zero-order chi connectivity index (χ0) is 12.1. The van der Waals surface area contributed by atoms with Crippen molar-refractivity contribution in [2.45, 2.75) is 26.8 Å². The Morgan fingerprint density at radius 1 is 1.29 bits per heavy atom. The molecule has 0 unspecified atom stereocenters. The average Bonchev–Trinajstić information content (AvgIpc) is 2.79. The molecule has 0 amide bonds. The largest absolute Gasteiger partial charge is 0.311 e. The molecule has 0 bridgehead atoms. The quantitative estimate of drug-likeness (QED) is 0.768. The number of aryl methyl sites for hydroxylation is 1. The number of H-pyrrole nitrogens is 1. The molecule has 0 aliphatic heterocycles. The topological polar surface area (TPSA) is 66.5 Å². The Kier molecular flexibility index (Phi) is 3.82. The van der Waals surface area contributed by atoms with Crippen LogP contribution in [0.5, 0.6) is 0 Å². The average molecular weight is 231 g/mol. The van der Waals surface area contributed by atoms with Crippen molar-refractivity contribution in [2.75, 3.05) is 6.54 Å². The number of aromatic amines is 1. The summed E-state index contributed by atoms with van der Waals surface area (Å²) in [6.07, 6.45) is 4.51. The van der Waals surface area contributed by atoms with Crippen LogP contribution in [0.25, 0.3) is 11.4 Å². The lowest BCUT2D eigenvalue weighted by Gasteiger charge is -1.99. The van der Waals surface area contributed by atoms with Gasteiger partial charge in [-0.15, -0.1) is 0 Å². The van der Waals surface area contributed by atoms with E-state index in [-0.39, 0.29) is 0 Å². The smallest absolute Gasteiger partial charge is 0.113 e. The first-order valence-electron chi connectivity index (χ1n) is 5.84. The third-order valence-corrected chi connectivity index (χ3v) is 2.50. The minimum absolute atomic E-state index is 0.806. The van der Waals surface area contributed by atoms with Crippen LogP contribution in [0.15, 0.2) is 18.5 Å². The minimum Gasteiger partial charge on any atom is -0.311 e. The Hall–Kier alpha value is -1.75. The molecule has 0 spiro atoms. The predicted octanol–water partition coefficient (Wildman–Crippen LogP) is 1.67. The van der Waals surface area contributed by atoms with Gasteiger partial charge in [0.05, 0.1) is 5.69 Å². The molecule has 5 nitrogen and oxygen atoms in total. The lowest BCUT2D eigenvalue weighted by molar-refractivity contribution is 0.662.